The second kappa shape index (κ2) is 21.7. The smallest absolute Gasteiger partial charge is 0.298 e. The Kier molecular flexibility index (Phi) is 14.9. The van der Waals surface area contributed by atoms with Gasteiger partial charge in [-0.05, 0) is 144 Å². The van der Waals surface area contributed by atoms with Gasteiger partial charge in [0, 0.05) is 11.1 Å². The lowest BCUT2D eigenvalue weighted by molar-refractivity contribution is -0.432. The largest absolute Gasteiger partial charge is 0.495 e. The summed E-state index contributed by atoms with van der Waals surface area (Å²) in [6.07, 6.45) is 0.578. The van der Waals surface area contributed by atoms with E-state index in [2.05, 4.69) is 21.5 Å². The lowest BCUT2D eigenvalue weighted by Crippen LogP contribution is -2.07. The highest BCUT2D eigenvalue weighted by molar-refractivity contribution is 7.94. The van der Waals surface area contributed by atoms with Gasteiger partial charge >= 0.3 is 0 Å². The van der Waals surface area contributed by atoms with E-state index in [0.717, 1.165) is 33.9 Å². The Hall–Kier alpha value is -8.45. The van der Waals surface area contributed by atoms with Gasteiger partial charge in [0.2, 0.25) is 0 Å². The van der Waals surface area contributed by atoms with E-state index in [0.29, 0.717) is 64.3 Å². The van der Waals surface area contributed by atoms with Crippen molar-refractivity contribution in [1.29, 1.82) is 10.5 Å². The van der Waals surface area contributed by atoms with E-state index >= 15 is 0 Å². The predicted molar refractivity (Wildman–Crippen MR) is 258 cm³/mol. The predicted octanol–water partition coefficient (Wildman–Crippen LogP) is 13.1. The molecule has 0 aliphatic carbocycles. The quantitative estimate of drug-likeness (QED) is 0.0270. The molecule has 0 saturated carbocycles. The van der Waals surface area contributed by atoms with Gasteiger partial charge in [0.15, 0.2) is 5.78 Å². The van der Waals surface area contributed by atoms with Crippen LogP contribution in [0.4, 0.5) is 0 Å². The average Bonchev–Trinajstić information content (AvgIpc) is 3.37. The fourth-order valence-corrected chi connectivity index (χ4v) is 8.37. The maximum absolute atomic E-state index is 13.4. The van der Waals surface area contributed by atoms with Crippen molar-refractivity contribution < 1.29 is 56.1 Å². The van der Waals surface area contributed by atoms with E-state index < -0.39 is 20.8 Å². The highest BCUT2D eigenvalue weighted by Gasteiger charge is 2.22. The first-order valence-electron chi connectivity index (χ1n) is 21.0. The number of carbonyl (C=O) groups excluding carboxylic acids is 1. The highest BCUT2D eigenvalue weighted by atomic mass is 32.2. The van der Waals surface area contributed by atoms with Crippen LogP contribution in [-0.4, -0.2) is 31.1 Å². The number of benzene rings is 8. The molecule has 16 heteroatoms. The average molecular weight is 971 g/mol. The lowest BCUT2D eigenvalue weighted by Gasteiger charge is -2.13. The zero-order valence-electron chi connectivity index (χ0n) is 37.1. The first-order chi connectivity index (χ1) is 33.9. The third-order valence-electron chi connectivity index (χ3n) is 10.7. The van der Waals surface area contributed by atoms with Crippen LogP contribution in [0, 0.1) is 29.6 Å². The number of nitrogens with zero attached hydrogens (tertiary/aromatic N) is 2. The molecule has 0 aliphatic rings. The number of ether oxygens (including phenoxy) is 5. The molecule has 8 rings (SSSR count). The van der Waals surface area contributed by atoms with Gasteiger partial charge < -0.3 is 23.7 Å². The Morgan fingerprint density at radius 2 is 1.01 bits per heavy atom. The maximum atomic E-state index is 13.4. The summed E-state index contributed by atoms with van der Waals surface area (Å²) >= 11 is 0.571. The molecular formula is C54H38N2O12S2. The fraction of sp³-hybridized carbons (Fsp3) is 0.0556. The van der Waals surface area contributed by atoms with Crippen LogP contribution in [0.3, 0.4) is 0 Å². The summed E-state index contributed by atoms with van der Waals surface area (Å²) in [7, 11) is -3.46. The normalized spacial score (nSPS) is 10.9. The molecule has 0 aromatic heterocycles. The molecule has 14 nitrogen and oxygen atoms in total. The summed E-state index contributed by atoms with van der Waals surface area (Å²) in [6, 6.07) is 52.9. The molecule has 70 heavy (non-hydrogen) atoms. The number of aryl methyl sites for hydroxylation is 1. The Balaban J connectivity index is 0.878. The van der Waals surface area contributed by atoms with Crippen molar-refractivity contribution in [3.8, 4) is 75.0 Å². The number of ketones is 1. The highest BCUT2D eigenvalue weighted by Crippen LogP contribution is 2.38. The first kappa shape index (κ1) is 48.0. The zero-order chi connectivity index (χ0) is 49.2. The van der Waals surface area contributed by atoms with E-state index in [9.17, 15) is 28.3 Å². The Bertz CT molecular complexity index is 3390. The van der Waals surface area contributed by atoms with Crippen molar-refractivity contribution in [2.75, 3.05) is 7.11 Å². The molecule has 2 N–H and O–H groups in total. The molecule has 0 heterocycles. The van der Waals surface area contributed by atoms with E-state index in [-0.39, 0.29) is 33.1 Å². The van der Waals surface area contributed by atoms with Crippen LogP contribution in [0.5, 0.6) is 51.7 Å². The molecule has 0 aliphatic heterocycles. The van der Waals surface area contributed by atoms with Crippen LogP contribution < -0.4 is 23.7 Å². The summed E-state index contributed by atoms with van der Waals surface area (Å²) in [5.74, 6) is 2.84. The number of nitriles is 2. The topological polar surface area (TPSA) is 204 Å². The maximum Gasteiger partial charge on any atom is 0.298 e. The zero-order valence-corrected chi connectivity index (χ0v) is 38.7. The van der Waals surface area contributed by atoms with Crippen molar-refractivity contribution in [2.24, 2.45) is 0 Å². The molecule has 0 amide bonds. The van der Waals surface area contributed by atoms with Crippen molar-refractivity contribution in [1.82, 2.24) is 0 Å². The van der Waals surface area contributed by atoms with Gasteiger partial charge in [-0.15, -0.1) is 4.33 Å². The van der Waals surface area contributed by atoms with Crippen molar-refractivity contribution in [3.05, 3.63) is 209 Å². The molecule has 0 unspecified atom stereocenters. The monoisotopic (exact) mass is 970 g/mol. The van der Waals surface area contributed by atoms with Crippen LogP contribution in [0.15, 0.2) is 180 Å². The minimum atomic E-state index is -4.69. The third kappa shape index (κ3) is 11.4. The minimum absolute atomic E-state index is 0.0389. The van der Waals surface area contributed by atoms with Crippen molar-refractivity contribution in [2.45, 2.75) is 23.1 Å². The molecule has 8 aromatic carbocycles. The van der Waals surface area contributed by atoms with Gasteiger partial charge in [-0.3, -0.25) is 9.35 Å². The molecule has 0 atom stereocenters. The van der Waals surface area contributed by atoms with Crippen molar-refractivity contribution >= 4 is 27.9 Å². The Morgan fingerprint density at radius 1 is 0.571 bits per heavy atom. The summed E-state index contributed by atoms with van der Waals surface area (Å²) < 4.78 is 67.5. The first-order valence-corrected chi connectivity index (χ1v) is 23.2. The van der Waals surface area contributed by atoms with E-state index in [4.69, 9.17) is 28.9 Å². The Morgan fingerprint density at radius 3 is 1.49 bits per heavy atom. The summed E-state index contributed by atoms with van der Waals surface area (Å²) in [6.45, 7) is 1.87. The molecule has 0 radical (unpaired) electrons. The van der Waals surface area contributed by atoms with Crippen molar-refractivity contribution in [3.63, 3.8) is 0 Å². The molecule has 8 aromatic rings. The minimum Gasteiger partial charge on any atom is -0.495 e. The van der Waals surface area contributed by atoms with Gasteiger partial charge in [-0.25, -0.2) is 5.26 Å². The number of hydrogen-bond acceptors (Lipinski definition) is 14. The molecule has 0 saturated heterocycles. The van der Waals surface area contributed by atoms with Crippen LogP contribution in [0.1, 0.15) is 43.7 Å². The third-order valence-corrected chi connectivity index (χ3v) is 12.2. The summed E-state index contributed by atoms with van der Waals surface area (Å²) in [4.78, 5) is 13.1. The van der Waals surface area contributed by atoms with Gasteiger partial charge in [-0.1, -0.05) is 71.8 Å². The molecular weight excluding hydrogens is 933 g/mol. The van der Waals surface area contributed by atoms with Crippen LogP contribution in [0.25, 0.3) is 11.1 Å². The lowest BCUT2D eigenvalue weighted by atomic mass is 10.0. The molecule has 0 fully saturated rings. The van der Waals surface area contributed by atoms with Crippen LogP contribution in [0.2, 0.25) is 0 Å². The van der Waals surface area contributed by atoms with Gasteiger partial charge in [-0.2, -0.15) is 18.9 Å². The summed E-state index contributed by atoms with van der Waals surface area (Å²) in [5, 5.41) is 32.3. The van der Waals surface area contributed by atoms with E-state index in [1.807, 2.05) is 104 Å². The molecule has 0 spiro atoms. The number of rotatable bonds is 18. The molecule has 348 valence electrons. The number of methoxy groups -OCH3 is 1. The van der Waals surface area contributed by atoms with E-state index in [1.165, 1.54) is 37.4 Å². The number of carbonyl (C=O) groups is 1. The summed E-state index contributed by atoms with van der Waals surface area (Å²) in [5.41, 5.74) is 5.52. The van der Waals surface area contributed by atoms with Gasteiger partial charge in [0.05, 0.1) is 29.6 Å². The fourth-order valence-electron chi connectivity index (χ4n) is 7.22. The van der Waals surface area contributed by atoms with Gasteiger partial charge in [0.1, 0.15) is 74.3 Å². The van der Waals surface area contributed by atoms with Gasteiger partial charge in [0.25, 0.3) is 10.1 Å². The second-order valence-electron chi connectivity index (χ2n) is 15.3. The Labute approximate surface area is 406 Å². The van der Waals surface area contributed by atoms with Crippen LogP contribution in [-0.2, 0) is 25.9 Å². The number of hydrogen-bond donors (Lipinski definition) is 2. The molecule has 0 bridgehead atoms. The standard InChI is InChI=1S/C54H38N2O12S2/c1-34-5-3-6-47(45(34)32-55)63-43-23-13-37(14-24-43)38-15-25-44(26-16-38)65-49-8-4-7-48(46(49)33-56)64-41-19-9-35(10-20-41)29-36-11-21-42(22-12-36)66-50-27-17-39(30-52(50)69-68-67-58)54(57)40-18-28-51(62-2)53(31-40)70(59,60)61/h3-28,30-31,58H,29H2,1-2H3,(H,59,60,61). The van der Waals surface area contributed by atoms with E-state index in [1.54, 1.807) is 36.4 Å². The van der Waals surface area contributed by atoms with Crippen LogP contribution >= 0.6 is 12.0 Å². The second-order valence-corrected chi connectivity index (χ2v) is 17.4. The SMILES string of the molecule is COc1ccc(C(=O)c2ccc(Oc3ccc(Cc4ccc(Oc5cccc(Oc6ccc(-c7ccc(Oc8cccc(C)c8C#N)cc7)cc6)c5C#N)cc4)cc3)c(SOOO)c2)cc1S(=O)(=O)O.